The molecule has 0 aromatic carbocycles. The van der Waals surface area contributed by atoms with Crippen LogP contribution in [0.25, 0.3) is 0 Å². The van der Waals surface area contributed by atoms with E-state index >= 15 is 0 Å². The minimum absolute atomic E-state index is 0. The highest BCUT2D eigenvalue weighted by molar-refractivity contribution is 14.0. The lowest BCUT2D eigenvalue weighted by Gasteiger charge is -2.23. The first-order chi connectivity index (χ1) is 12.2. The van der Waals surface area contributed by atoms with E-state index in [1.54, 1.807) is 0 Å². The van der Waals surface area contributed by atoms with Gasteiger partial charge in [0.05, 0.1) is 6.10 Å². The zero-order valence-corrected chi connectivity index (χ0v) is 20.0. The van der Waals surface area contributed by atoms with Crippen molar-refractivity contribution in [1.29, 1.82) is 0 Å². The highest BCUT2D eigenvalue weighted by Gasteiger charge is 2.17. The van der Waals surface area contributed by atoms with Crippen molar-refractivity contribution < 1.29 is 4.74 Å². The van der Waals surface area contributed by atoms with Crippen LogP contribution < -0.4 is 10.6 Å². The van der Waals surface area contributed by atoms with Gasteiger partial charge in [-0.1, -0.05) is 20.8 Å². The molecule has 7 nitrogen and oxygen atoms in total. The minimum atomic E-state index is 0. The molecule has 0 saturated carbocycles. The fourth-order valence-corrected chi connectivity index (χ4v) is 2.86. The molecule has 8 heteroatoms. The summed E-state index contributed by atoms with van der Waals surface area (Å²) >= 11 is 0. The summed E-state index contributed by atoms with van der Waals surface area (Å²) in [5.41, 5.74) is 0.342. The normalized spacial score (nSPS) is 18.9. The van der Waals surface area contributed by atoms with Gasteiger partial charge in [0, 0.05) is 26.2 Å². The summed E-state index contributed by atoms with van der Waals surface area (Å²) in [6.45, 7) is 13.2. The van der Waals surface area contributed by atoms with Gasteiger partial charge in [-0.3, -0.25) is 0 Å². The molecule has 0 spiro atoms. The van der Waals surface area contributed by atoms with E-state index in [9.17, 15) is 0 Å². The molecule has 0 aliphatic carbocycles. The molecule has 2 atom stereocenters. The molecule has 2 unspecified atom stereocenters. The Labute approximate surface area is 181 Å². The van der Waals surface area contributed by atoms with Gasteiger partial charge < -0.3 is 19.9 Å². The summed E-state index contributed by atoms with van der Waals surface area (Å²) in [4.78, 5) is 4.73. The highest BCUT2D eigenvalue weighted by Crippen LogP contribution is 2.21. The first-order valence-corrected chi connectivity index (χ1v) is 9.76. The summed E-state index contributed by atoms with van der Waals surface area (Å²) in [6, 6.07) is 0.353. The second-order valence-electron chi connectivity index (χ2n) is 8.55. The van der Waals surface area contributed by atoms with E-state index in [1.165, 1.54) is 6.42 Å². The molecule has 1 aromatic heterocycles. The maximum absolute atomic E-state index is 5.71. The SMILES string of the molecule is Cc1nnc(CN=C(NCC2CCCO2)NC(C)CCC(C)(C)C)n1C.I. The lowest BCUT2D eigenvalue weighted by Crippen LogP contribution is -2.45. The molecule has 1 fully saturated rings. The maximum atomic E-state index is 5.71. The van der Waals surface area contributed by atoms with Crippen molar-refractivity contribution in [3.05, 3.63) is 11.6 Å². The van der Waals surface area contributed by atoms with Crippen LogP contribution in [0.2, 0.25) is 0 Å². The molecule has 2 heterocycles. The van der Waals surface area contributed by atoms with Crippen molar-refractivity contribution in [1.82, 2.24) is 25.4 Å². The lowest BCUT2D eigenvalue weighted by atomic mass is 9.89. The number of nitrogens with zero attached hydrogens (tertiary/aromatic N) is 4. The number of guanidine groups is 1. The molecular formula is C19H37IN6O. The fraction of sp³-hybridized carbons (Fsp3) is 0.842. The average molecular weight is 492 g/mol. The first-order valence-electron chi connectivity index (χ1n) is 9.76. The van der Waals surface area contributed by atoms with Gasteiger partial charge >= 0.3 is 0 Å². The third kappa shape index (κ3) is 8.76. The Morgan fingerprint density at radius 1 is 1.37 bits per heavy atom. The van der Waals surface area contributed by atoms with Crippen LogP contribution in [-0.4, -0.2) is 46.0 Å². The maximum Gasteiger partial charge on any atom is 0.192 e. The molecule has 0 radical (unpaired) electrons. The van der Waals surface area contributed by atoms with Gasteiger partial charge in [-0.15, -0.1) is 34.2 Å². The fourth-order valence-electron chi connectivity index (χ4n) is 2.86. The number of rotatable bonds is 7. The van der Waals surface area contributed by atoms with E-state index in [1.807, 2.05) is 18.5 Å². The topological polar surface area (TPSA) is 76.4 Å². The van der Waals surface area contributed by atoms with E-state index in [2.05, 4.69) is 48.5 Å². The van der Waals surface area contributed by atoms with Crippen molar-refractivity contribution in [2.45, 2.75) is 79.0 Å². The Morgan fingerprint density at radius 2 is 2.11 bits per heavy atom. The summed E-state index contributed by atoms with van der Waals surface area (Å²) in [6.07, 6.45) is 4.81. The van der Waals surface area contributed by atoms with Crippen LogP contribution in [0.15, 0.2) is 4.99 Å². The number of aliphatic imine (C=N–C) groups is 1. The molecule has 1 aliphatic rings. The first kappa shape index (κ1) is 24.1. The summed E-state index contributed by atoms with van der Waals surface area (Å²) in [5, 5.41) is 15.3. The predicted molar refractivity (Wildman–Crippen MR) is 121 cm³/mol. The Morgan fingerprint density at radius 3 is 2.67 bits per heavy atom. The second kappa shape index (κ2) is 11.2. The van der Waals surface area contributed by atoms with E-state index in [0.717, 1.165) is 50.0 Å². The standard InChI is InChI=1S/C19H36N6O.HI/c1-14(9-10-19(3,4)5)22-18(20-12-16-8-7-11-26-16)21-13-17-24-23-15(2)25(17)6;/h14,16H,7-13H2,1-6H3,(H2,20,21,22);1H. The molecule has 1 saturated heterocycles. The Balaban J connectivity index is 0.00000364. The average Bonchev–Trinajstić information content (AvgIpc) is 3.19. The van der Waals surface area contributed by atoms with Crippen LogP contribution in [0.4, 0.5) is 0 Å². The number of aryl methyl sites for hydroxylation is 1. The van der Waals surface area contributed by atoms with E-state index < -0.39 is 0 Å². The molecule has 2 rings (SSSR count). The molecule has 1 aromatic rings. The van der Waals surface area contributed by atoms with Gasteiger partial charge in [0.1, 0.15) is 12.4 Å². The number of hydrogen-bond acceptors (Lipinski definition) is 4. The van der Waals surface area contributed by atoms with Crippen molar-refractivity contribution in [2.75, 3.05) is 13.2 Å². The molecule has 1 aliphatic heterocycles. The Bertz CT molecular complexity index is 590. The molecular weight excluding hydrogens is 455 g/mol. The van der Waals surface area contributed by atoms with E-state index in [4.69, 9.17) is 9.73 Å². The van der Waals surface area contributed by atoms with Gasteiger partial charge in [-0.2, -0.15) is 0 Å². The summed E-state index contributed by atoms with van der Waals surface area (Å²) in [5.74, 6) is 2.58. The molecule has 0 amide bonds. The monoisotopic (exact) mass is 492 g/mol. The van der Waals surface area contributed by atoms with Crippen molar-refractivity contribution >= 4 is 29.9 Å². The minimum Gasteiger partial charge on any atom is -0.376 e. The van der Waals surface area contributed by atoms with Crippen molar-refractivity contribution in [3.8, 4) is 0 Å². The van der Waals surface area contributed by atoms with Crippen molar-refractivity contribution in [2.24, 2.45) is 17.5 Å². The van der Waals surface area contributed by atoms with Crippen LogP contribution in [0.3, 0.4) is 0 Å². The number of nitrogens with one attached hydrogen (secondary N) is 2. The number of ether oxygens (including phenoxy) is 1. The molecule has 2 N–H and O–H groups in total. The molecule has 27 heavy (non-hydrogen) atoms. The van der Waals surface area contributed by atoms with Crippen LogP contribution in [0, 0.1) is 12.3 Å². The Kier molecular flexibility index (Phi) is 10.0. The van der Waals surface area contributed by atoms with Crippen LogP contribution >= 0.6 is 24.0 Å². The third-order valence-corrected chi connectivity index (χ3v) is 4.79. The van der Waals surface area contributed by atoms with Gasteiger partial charge in [0.25, 0.3) is 0 Å². The third-order valence-electron chi connectivity index (χ3n) is 4.79. The predicted octanol–water partition coefficient (Wildman–Crippen LogP) is 3.17. The summed E-state index contributed by atoms with van der Waals surface area (Å²) < 4.78 is 7.69. The van der Waals surface area contributed by atoms with Gasteiger partial charge in [0.15, 0.2) is 11.8 Å². The van der Waals surface area contributed by atoms with Crippen LogP contribution in [0.1, 0.15) is 65.0 Å². The smallest absolute Gasteiger partial charge is 0.192 e. The van der Waals surface area contributed by atoms with E-state index in [-0.39, 0.29) is 30.1 Å². The number of halogens is 1. The largest absolute Gasteiger partial charge is 0.376 e. The number of hydrogen-bond donors (Lipinski definition) is 2. The van der Waals surface area contributed by atoms with Gasteiger partial charge in [-0.25, -0.2) is 4.99 Å². The second-order valence-corrected chi connectivity index (χ2v) is 8.55. The lowest BCUT2D eigenvalue weighted by molar-refractivity contribution is 0.113. The van der Waals surface area contributed by atoms with Gasteiger partial charge in [0.2, 0.25) is 0 Å². The molecule has 0 bridgehead atoms. The highest BCUT2D eigenvalue weighted by atomic mass is 127. The van der Waals surface area contributed by atoms with E-state index in [0.29, 0.717) is 18.0 Å². The van der Waals surface area contributed by atoms with Crippen LogP contribution in [-0.2, 0) is 18.3 Å². The summed E-state index contributed by atoms with van der Waals surface area (Å²) in [7, 11) is 1.97. The zero-order valence-electron chi connectivity index (χ0n) is 17.7. The zero-order chi connectivity index (χ0) is 19.2. The van der Waals surface area contributed by atoms with Crippen LogP contribution in [0.5, 0.6) is 0 Å². The number of aromatic nitrogens is 3. The molecule has 156 valence electrons. The van der Waals surface area contributed by atoms with Crippen molar-refractivity contribution in [3.63, 3.8) is 0 Å². The van der Waals surface area contributed by atoms with Gasteiger partial charge in [-0.05, 0) is 44.9 Å². The Hall–Kier alpha value is -0.900. The quantitative estimate of drug-likeness (QED) is 0.348.